The summed E-state index contributed by atoms with van der Waals surface area (Å²) in [6.07, 6.45) is -9.65. The molecule has 0 bridgehead atoms. The van der Waals surface area contributed by atoms with Crippen LogP contribution in [-0.4, -0.2) is 66.6 Å². The Kier molecular flexibility index (Phi) is 8.14. The van der Waals surface area contributed by atoms with Crippen molar-refractivity contribution in [3.05, 3.63) is 12.2 Å². The molecule has 0 aromatic rings. The average Bonchev–Trinajstić information content (AvgIpc) is 2.64. The van der Waals surface area contributed by atoms with Crippen molar-refractivity contribution in [3.63, 3.8) is 0 Å². The first kappa shape index (κ1) is 31.0. The van der Waals surface area contributed by atoms with E-state index in [-0.39, 0.29) is 0 Å². The molecule has 196 valence electrons. The largest absolute Gasteiger partial charge is 0.456 e. The molecule has 1 atom stereocenters. The molecular weight excluding hydrogens is 523 g/mol. The molecule has 1 unspecified atom stereocenters. The van der Waals surface area contributed by atoms with Gasteiger partial charge in [-0.2, -0.15) is 61.5 Å². The van der Waals surface area contributed by atoms with Gasteiger partial charge < -0.3 is 4.74 Å². The standard InChI is InChI=1S/C14H9F17O2/c1-4(9(20,21)13(28,29)14(30,31)10(22,23)5(2)15)6(32)33-3-8(18,19)12(26,27)11(24,25)7(16)17/h5,7H,1,3H2,2H3. The molecule has 0 aliphatic carbocycles. The lowest BCUT2D eigenvalue weighted by atomic mass is 9.92. The molecule has 33 heavy (non-hydrogen) atoms. The summed E-state index contributed by atoms with van der Waals surface area (Å²) in [5.74, 6) is -51.9. The Labute approximate surface area is 171 Å². The van der Waals surface area contributed by atoms with Gasteiger partial charge in [0.25, 0.3) is 0 Å². The summed E-state index contributed by atoms with van der Waals surface area (Å²) >= 11 is 0. The molecule has 0 fully saturated rings. The van der Waals surface area contributed by atoms with E-state index in [0.29, 0.717) is 0 Å². The minimum atomic E-state index is -7.41. The van der Waals surface area contributed by atoms with E-state index in [9.17, 15) is 79.4 Å². The third-order valence-corrected chi connectivity index (χ3v) is 3.87. The quantitative estimate of drug-likeness (QED) is 0.181. The van der Waals surface area contributed by atoms with Crippen LogP contribution in [0.15, 0.2) is 12.2 Å². The highest BCUT2D eigenvalue weighted by Gasteiger charge is 2.83. The number of hydrogen-bond acceptors (Lipinski definition) is 2. The smallest absolute Gasteiger partial charge is 0.382 e. The van der Waals surface area contributed by atoms with Gasteiger partial charge in [-0.15, -0.1) is 0 Å². The van der Waals surface area contributed by atoms with Gasteiger partial charge in [0.1, 0.15) is 5.57 Å². The number of halogens is 17. The van der Waals surface area contributed by atoms with E-state index in [1.54, 1.807) is 6.58 Å². The summed E-state index contributed by atoms with van der Waals surface area (Å²) < 4.78 is 224. The molecule has 19 heteroatoms. The third-order valence-electron chi connectivity index (χ3n) is 3.87. The summed E-state index contributed by atoms with van der Waals surface area (Å²) in [6, 6.07) is 0. The van der Waals surface area contributed by atoms with Crippen LogP contribution >= 0.6 is 0 Å². The first-order valence-electron chi connectivity index (χ1n) is 7.61. The highest BCUT2D eigenvalue weighted by molar-refractivity contribution is 5.90. The van der Waals surface area contributed by atoms with Crippen LogP contribution in [0.2, 0.25) is 0 Å². The molecule has 0 radical (unpaired) electrons. The molecule has 2 nitrogen and oxygen atoms in total. The zero-order chi connectivity index (χ0) is 27.2. The fourth-order valence-corrected chi connectivity index (χ4v) is 1.69. The van der Waals surface area contributed by atoms with E-state index in [1.807, 2.05) is 0 Å². The van der Waals surface area contributed by atoms with Gasteiger partial charge in [0, 0.05) is 0 Å². The zero-order valence-corrected chi connectivity index (χ0v) is 15.3. The molecule has 0 aliphatic heterocycles. The van der Waals surface area contributed by atoms with E-state index in [0.717, 1.165) is 0 Å². The van der Waals surface area contributed by atoms with Crippen LogP contribution in [0.25, 0.3) is 0 Å². The fourth-order valence-electron chi connectivity index (χ4n) is 1.69. The highest BCUT2D eigenvalue weighted by Crippen LogP contribution is 2.56. The summed E-state index contributed by atoms with van der Waals surface area (Å²) in [5.41, 5.74) is -3.37. The number of carbonyl (C=O) groups is 1. The average molecular weight is 532 g/mol. The summed E-state index contributed by atoms with van der Waals surface area (Å²) in [6.45, 7) is -2.25. The minimum absolute atomic E-state index is 0.456. The first-order valence-corrected chi connectivity index (χ1v) is 7.61. The monoisotopic (exact) mass is 532 g/mol. The van der Waals surface area contributed by atoms with Gasteiger partial charge in [0.15, 0.2) is 12.8 Å². The predicted octanol–water partition coefficient (Wildman–Crippen LogP) is 6.16. The van der Waals surface area contributed by atoms with Crippen molar-refractivity contribution in [1.29, 1.82) is 0 Å². The van der Waals surface area contributed by atoms with E-state index in [2.05, 4.69) is 4.74 Å². The van der Waals surface area contributed by atoms with Gasteiger partial charge in [-0.3, -0.25) is 0 Å². The Morgan fingerprint density at radius 3 is 1.45 bits per heavy atom. The Hall–Kier alpha value is -1.98. The summed E-state index contributed by atoms with van der Waals surface area (Å²) in [5, 5.41) is 0. The number of rotatable bonds is 11. The second-order valence-corrected chi connectivity index (χ2v) is 6.22. The van der Waals surface area contributed by atoms with Crippen LogP contribution in [0, 0.1) is 0 Å². The number of ether oxygens (including phenoxy) is 1. The Balaban J connectivity index is 5.90. The minimum Gasteiger partial charge on any atom is -0.456 e. The highest BCUT2D eigenvalue weighted by atomic mass is 19.4. The van der Waals surface area contributed by atoms with Crippen molar-refractivity contribution in [2.75, 3.05) is 6.61 Å². The molecule has 0 N–H and O–H groups in total. The zero-order valence-electron chi connectivity index (χ0n) is 15.3. The molecule has 0 aromatic heterocycles. The summed E-state index contributed by atoms with van der Waals surface area (Å²) in [7, 11) is 0. The van der Waals surface area contributed by atoms with E-state index >= 15 is 0 Å². The van der Waals surface area contributed by atoms with Gasteiger partial charge in [-0.1, -0.05) is 6.58 Å². The molecule has 0 heterocycles. The van der Waals surface area contributed by atoms with Crippen molar-refractivity contribution >= 4 is 5.97 Å². The lowest BCUT2D eigenvalue weighted by molar-refractivity contribution is -0.366. The van der Waals surface area contributed by atoms with E-state index in [4.69, 9.17) is 0 Å². The first-order chi connectivity index (χ1) is 14.2. The van der Waals surface area contributed by atoms with Crippen molar-refractivity contribution < 1.29 is 84.2 Å². The maximum Gasteiger partial charge on any atom is 0.382 e. The van der Waals surface area contributed by atoms with Crippen molar-refractivity contribution in [1.82, 2.24) is 0 Å². The SMILES string of the molecule is C=C(C(=O)OCC(F)(F)C(F)(F)C(F)(F)C(F)F)C(F)(F)C(F)(F)C(F)(F)C(F)(F)C(C)F. The molecular formula is C14H9F17O2. The molecule has 0 aliphatic rings. The van der Waals surface area contributed by atoms with Gasteiger partial charge in [-0.05, 0) is 6.92 Å². The maximum absolute atomic E-state index is 13.6. The summed E-state index contributed by atoms with van der Waals surface area (Å²) in [4.78, 5) is 11.1. The van der Waals surface area contributed by atoms with Crippen LogP contribution < -0.4 is 0 Å². The Morgan fingerprint density at radius 1 is 0.727 bits per heavy atom. The van der Waals surface area contributed by atoms with E-state index in [1.165, 1.54) is 0 Å². The number of esters is 1. The van der Waals surface area contributed by atoms with Gasteiger partial charge in [0.05, 0.1) is 0 Å². The Bertz CT molecular complexity index is 740. The molecule has 0 spiro atoms. The Morgan fingerprint density at radius 2 is 1.12 bits per heavy atom. The molecule has 0 saturated carbocycles. The number of alkyl halides is 17. The van der Waals surface area contributed by atoms with Crippen molar-refractivity contribution in [2.24, 2.45) is 0 Å². The molecule has 0 amide bonds. The van der Waals surface area contributed by atoms with Gasteiger partial charge in [0.2, 0.25) is 0 Å². The van der Waals surface area contributed by atoms with Crippen LogP contribution in [0.1, 0.15) is 6.92 Å². The normalized spacial score (nSPS) is 16.1. The van der Waals surface area contributed by atoms with Crippen LogP contribution in [0.5, 0.6) is 0 Å². The van der Waals surface area contributed by atoms with E-state index < -0.39 is 79.1 Å². The number of carbonyl (C=O) groups excluding carboxylic acids is 1. The predicted molar refractivity (Wildman–Crippen MR) is 71.3 cm³/mol. The second-order valence-electron chi connectivity index (χ2n) is 6.22. The molecule has 0 aromatic carbocycles. The van der Waals surface area contributed by atoms with Crippen LogP contribution in [0.4, 0.5) is 74.6 Å². The van der Waals surface area contributed by atoms with Crippen LogP contribution in [-0.2, 0) is 9.53 Å². The van der Waals surface area contributed by atoms with Gasteiger partial charge in [-0.25, -0.2) is 18.0 Å². The van der Waals surface area contributed by atoms with Crippen molar-refractivity contribution in [3.8, 4) is 0 Å². The van der Waals surface area contributed by atoms with Gasteiger partial charge >= 0.3 is 53.9 Å². The fraction of sp³-hybridized carbons (Fsp3) is 0.786. The molecule has 0 saturated heterocycles. The van der Waals surface area contributed by atoms with Crippen LogP contribution in [0.3, 0.4) is 0 Å². The second kappa shape index (κ2) is 8.66. The third kappa shape index (κ3) is 4.67. The topological polar surface area (TPSA) is 26.3 Å². The number of hydrogen-bond donors (Lipinski definition) is 0. The maximum atomic E-state index is 13.6. The molecule has 0 rings (SSSR count). The van der Waals surface area contributed by atoms with Crippen molar-refractivity contribution in [2.45, 2.75) is 61.0 Å². The lowest BCUT2D eigenvalue weighted by Crippen LogP contribution is -2.65. The lowest BCUT2D eigenvalue weighted by Gasteiger charge is -2.37.